The molecule has 1 aliphatic heterocycles. The lowest BCUT2D eigenvalue weighted by Gasteiger charge is -2.21. The zero-order chi connectivity index (χ0) is 13.4. The first-order chi connectivity index (χ1) is 9.15. The number of phenols is 2. The van der Waals surface area contributed by atoms with Crippen LogP contribution in [0.1, 0.15) is 16.7 Å². The molecule has 0 amide bonds. The van der Waals surface area contributed by atoms with Crippen molar-refractivity contribution in [2.45, 2.75) is 6.61 Å². The third kappa shape index (κ3) is 2.28. The molecule has 19 heavy (non-hydrogen) atoms. The van der Waals surface area contributed by atoms with Gasteiger partial charge in [0.2, 0.25) is 0 Å². The molecular formula is C15H11IO3. The number of hydrogen-bond donors (Lipinski definition) is 2. The zero-order valence-electron chi connectivity index (χ0n) is 9.93. The maximum absolute atomic E-state index is 9.60. The highest BCUT2D eigenvalue weighted by Gasteiger charge is 2.20. The van der Waals surface area contributed by atoms with Crippen LogP contribution < -0.4 is 0 Å². The van der Waals surface area contributed by atoms with Crippen molar-refractivity contribution in [1.29, 1.82) is 0 Å². The number of aromatic hydroxyl groups is 2. The Morgan fingerprint density at radius 2 is 1.79 bits per heavy atom. The molecule has 96 valence electrons. The number of phenolic OH excluding ortho intramolecular Hbond substituents is 2. The molecular weight excluding hydrogens is 355 g/mol. The Morgan fingerprint density at radius 1 is 1.00 bits per heavy atom. The molecule has 0 radical (unpaired) electrons. The van der Waals surface area contributed by atoms with Gasteiger partial charge in [0.1, 0.15) is 23.9 Å². The van der Waals surface area contributed by atoms with Gasteiger partial charge in [0.25, 0.3) is 0 Å². The summed E-state index contributed by atoms with van der Waals surface area (Å²) in [6, 6.07) is 12.2. The topological polar surface area (TPSA) is 49.7 Å². The Hall–Kier alpha value is -1.69. The predicted molar refractivity (Wildman–Crippen MR) is 81.8 cm³/mol. The summed E-state index contributed by atoms with van der Waals surface area (Å²) in [5.74, 6) is 1.18. The van der Waals surface area contributed by atoms with Gasteiger partial charge in [-0.05, 0) is 52.4 Å². The number of benzene rings is 2. The largest absolute Gasteiger partial charge is 0.508 e. The van der Waals surface area contributed by atoms with Crippen LogP contribution in [0.15, 0.2) is 42.5 Å². The van der Waals surface area contributed by atoms with Gasteiger partial charge < -0.3 is 14.9 Å². The van der Waals surface area contributed by atoms with Gasteiger partial charge in [0, 0.05) is 11.1 Å². The molecule has 4 heteroatoms. The maximum Gasteiger partial charge on any atom is 0.141 e. The zero-order valence-corrected chi connectivity index (χ0v) is 12.1. The van der Waals surface area contributed by atoms with Crippen molar-refractivity contribution in [1.82, 2.24) is 0 Å². The Bertz CT molecular complexity index is 677. The van der Waals surface area contributed by atoms with Crippen LogP contribution in [0.2, 0.25) is 0 Å². The van der Waals surface area contributed by atoms with Gasteiger partial charge in [-0.3, -0.25) is 0 Å². The third-order valence-electron chi connectivity index (χ3n) is 3.01. The third-order valence-corrected chi connectivity index (χ3v) is 4.08. The second kappa shape index (κ2) is 4.77. The summed E-state index contributed by atoms with van der Waals surface area (Å²) in [4.78, 5) is 0. The van der Waals surface area contributed by atoms with Gasteiger partial charge in [-0.15, -0.1) is 0 Å². The first kappa shape index (κ1) is 12.3. The Kier molecular flexibility index (Phi) is 3.10. The first-order valence-corrected chi connectivity index (χ1v) is 6.87. The van der Waals surface area contributed by atoms with Crippen LogP contribution in [0.5, 0.6) is 11.5 Å². The Morgan fingerprint density at radius 3 is 2.58 bits per heavy atom. The first-order valence-electron chi connectivity index (χ1n) is 5.79. The predicted octanol–water partition coefficient (Wildman–Crippen LogP) is 3.89. The average Bonchev–Trinajstić information content (AvgIpc) is 2.40. The summed E-state index contributed by atoms with van der Waals surface area (Å²) in [5.41, 5.74) is 2.86. The van der Waals surface area contributed by atoms with E-state index in [2.05, 4.69) is 22.6 Å². The van der Waals surface area contributed by atoms with E-state index in [4.69, 9.17) is 4.74 Å². The monoisotopic (exact) mass is 366 g/mol. The highest BCUT2D eigenvalue weighted by atomic mass is 127. The van der Waals surface area contributed by atoms with E-state index in [0.717, 1.165) is 26.0 Å². The summed E-state index contributed by atoms with van der Waals surface area (Å²) >= 11 is 2.20. The Labute approximate surface area is 124 Å². The van der Waals surface area contributed by atoms with E-state index in [9.17, 15) is 10.2 Å². The Balaban J connectivity index is 2.15. The normalized spacial score (nSPS) is 13.9. The highest BCUT2D eigenvalue weighted by Crippen LogP contribution is 2.40. The molecule has 0 spiro atoms. The van der Waals surface area contributed by atoms with E-state index in [1.54, 1.807) is 30.3 Å². The molecule has 2 N–H and O–H groups in total. The van der Waals surface area contributed by atoms with Crippen LogP contribution >= 0.6 is 22.6 Å². The molecule has 0 atom stereocenters. The van der Waals surface area contributed by atoms with Crippen molar-refractivity contribution in [3.63, 3.8) is 0 Å². The van der Waals surface area contributed by atoms with Gasteiger partial charge in [0.05, 0.1) is 3.58 Å². The van der Waals surface area contributed by atoms with Gasteiger partial charge in [-0.25, -0.2) is 0 Å². The van der Waals surface area contributed by atoms with Crippen LogP contribution in [0.25, 0.3) is 9.34 Å². The van der Waals surface area contributed by atoms with Crippen molar-refractivity contribution in [3.05, 3.63) is 59.2 Å². The molecule has 3 rings (SSSR count). The molecule has 0 fully saturated rings. The molecule has 0 aromatic heterocycles. The summed E-state index contributed by atoms with van der Waals surface area (Å²) in [5, 5.41) is 19.1. The number of fused-ring (bicyclic) bond motifs is 1. The van der Waals surface area contributed by atoms with Crippen LogP contribution in [0.3, 0.4) is 0 Å². The molecule has 0 bridgehead atoms. The smallest absolute Gasteiger partial charge is 0.141 e. The molecule has 0 unspecified atom stereocenters. The minimum Gasteiger partial charge on any atom is -0.508 e. The quantitative estimate of drug-likeness (QED) is 0.753. The van der Waals surface area contributed by atoms with Gasteiger partial charge in [0.15, 0.2) is 0 Å². The molecule has 0 saturated heterocycles. The molecule has 1 heterocycles. The van der Waals surface area contributed by atoms with E-state index in [-0.39, 0.29) is 11.5 Å². The molecule has 0 aliphatic carbocycles. The van der Waals surface area contributed by atoms with E-state index < -0.39 is 0 Å². The maximum atomic E-state index is 9.60. The van der Waals surface area contributed by atoms with Crippen LogP contribution in [0.4, 0.5) is 0 Å². The SMILES string of the molecule is Oc1cccc(C2=C(I)c3cc(O)ccc3CO2)c1. The van der Waals surface area contributed by atoms with Crippen LogP contribution in [-0.4, -0.2) is 10.2 Å². The minimum absolute atomic E-state index is 0.208. The van der Waals surface area contributed by atoms with Crippen molar-refractivity contribution >= 4 is 31.9 Å². The number of halogens is 1. The fourth-order valence-electron chi connectivity index (χ4n) is 2.09. The lowest BCUT2D eigenvalue weighted by molar-refractivity contribution is 0.261. The molecule has 2 aromatic carbocycles. The average molecular weight is 366 g/mol. The lowest BCUT2D eigenvalue weighted by atomic mass is 10.0. The fraction of sp³-hybridized carbons (Fsp3) is 0.0667. The van der Waals surface area contributed by atoms with E-state index in [1.165, 1.54) is 0 Å². The van der Waals surface area contributed by atoms with Crippen LogP contribution in [0, 0.1) is 0 Å². The van der Waals surface area contributed by atoms with E-state index >= 15 is 0 Å². The number of ether oxygens (including phenoxy) is 1. The second-order valence-electron chi connectivity index (χ2n) is 4.32. The summed E-state index contributed by atoms with van der Waals surface area (Å²) < 4.78 is 6.71. The molecule has 3 nitrogen and oxygen atoms in total. The van der Waals surface area contributed by atoms with Gasteiger partial charge in [-0.1, -0.05) is 18.2 Å². The summed E-state index contributed by atoms with van der Waals surface area (Å²) in [7, 11) is 0. The highest BCUT2D eigenvalue weighted by molar-refractivity contribution is 14.1. The van der Waals surface area contributed by atoms with Crippen LogP contribution in [-0.2, 0) is 11.3 Å². The lowest BCUT2D eigenvalue weighted by Crippen LogP contribution is -2.04. The van der Waals surface area contributed by atoms with E-state index in [1.807, 2.05) is 12.1 Å². The van der Waals surface area contributed by atoms with Crippen molar-refractivity contribution in [3.8, 4) is 11.5 Å². The van der Waals surface area contributed by atoms with Crippen molar-refractivity contribution in [2.75, 3.05) is 0 Å². The number of rotatable bonds is 1. The summed E-state index contributed by atoms with van der Waals surface area (Å²) in [6.45, 7) is 0.465. The summed E-state index contributed by atoms with van der Waals surface area (Å²) in [6.07, 6.45) is 0. The van der Waals surface area contributed by atoms with Crippen molar-refractivity contribution < 1.29 is 14.9 Å². The standard InChI is InChI=1S/C15H11IO3/c16-14-13-7-12(18)5-4-10(13)8-19-15(14)9-2-1-3-11(17)6-9/h1-7,17-18H,8H2. The van der Waals surface area contributed by atoms with Gasteiger partial charge >= 0.3 is 0 Å². The second-order valence-corrected chi connectivity index (χ2v) is 5.40. The molecule has 1 aliphatic rings. The minimum atomic E-state index is 0.208. The molecule has 0 saturated carbocycles. The van der Waals surface area contributed by atoms with E-state index in [0.29, 0.717) is 6.61 Å². The molecule has 2 aromatic rings. The number of hydrogen-bond acceptors (Lipinski definition) is 3. The van der Waals surface area contributed by atoms with Gasteiger partial charge in [-0.2, -0.15) is 0 Å². The fourth-order valence-corrected chi connectivity index (χ4v) is 3.06. The van der Waals surface area contributed by atoms with Crippen molar-refractivity contribution in [2.24, 2.45) is 0 Å².